The highest BCUT2D eigenvalue weighted by atomic mass is 79.9. The zero-order chi connectivity index (χ0) is 17.1. The summed E-state index contributed by atoms with van der Waals surface area (Å²) in [6.07, 6.45) is 2.92. The molecule has 1 aliphatic rings. The van der Waals surface area contributed by atoms with Gasteiger partial charge in [-0.3, -0.25) is 9.59 Å². The Hall–Kier alpha value is -2.41. The van der Waals surface area contributed by atoms with Crippen LogP contribution in [-0.2, 0) is 16.1 Å². The number of hydrogen-bond acceptors (Lipinski definition) is 3. The summed E-state index contributed by atoms with van der Waals surface area (Å²) in [4.78, 5) is 25.3. The standard InChI is InChI=1S/C17H17BrN4O2/c1-2-16(23)21-10-13(11-21)17(24)20-15-6-7-19-22(15)9-12-4-3-5-14(18)8-12/h2-8,13H,1,9-11H2,(H,20,24). The lowest BCUT2D eigenvalue weighted by atomic mass is 9.99. The number of aromatic nitrogens is 2. The van der Waals surface area contributed by atoms with Gasteiger partial charge in [-0.15, -0.1) is 0 Å². The highest BCUT2D eigenvalue weighted by Gasteiger charge is 2.34. The van der Waals surface area contributed by atoms with Crippen LogP contribution >= 0.6 is 15.9 Å². The summed E-state index contributed by atoms with van der Waals surface area (Å²) in [7, 11) is 0. The lowest BCUT2D eigenvalue weighted by Gasteiger charge is -2.37. The molecule has 6 nitrogen and oxygen atoms in total. The summed E-state index contributed by atoms with van der Waals surface area (Å²) >= 11 is 3.45. The molecule has 0 atom stereocenters. The van der Waals surface area contributed by atoms with E-state index in [0.29, 0.717) is 25.5 Å². The van der Waals surface area contributed by atoms with Crippen molar-refractivity contribution >= 4 is 33.6 Å². The number of likely N-dealkylation sites (tertiary alicyclic amines) is 1. The number of benzene rings is 1. The minimum absolute atomic E-state index is 0.0981. The maximum atomic E-state index is 12.3. The molecule has 0 unspecified atom stereocenters. The minimum Gasteiger partial charge on any atom is -0.337 e. The van der Waals surface area contributed by atoms with Crippen molar-refractivity contribution in [3.8, 4) is 0 Å². The van der Waals surface area contributed by atoms with Crippen LogP contribution in [0.25, 0.3) is 0 Å². The van der Waals surface area contributed by atoms with Crippen molar-refractivity contribution in [2.75, 3.05) is 18.4 Å². The predicted octanol–water partition coefficient (Wildman–Crippen LogP) is 2.28. The average molecular weight is 389 g/mol. The largest absolute Gasteiger partial charge is 0.337 e. The summed E-state index contributed by atoms with van der Waals surface area (Å²) in [5.74, 6) is 0.217. The molecule has 0 saturated carbocycles. The number of nitrogens with one attached hydrogen (secondary N) is 1. The molecule has 0 aliphatic carbocycles. The number of amides is 2. The zero-order valence-corrected chi connectivity index (χ0v) is 14.6. The summed E-state index contributed by atoms with van der Waals surface area (Å²) in [5.41, 5.74) is 1.08. The van der Waals surface area contributed by atoms with E-state index in [0.717, 1.165) is 10.0 Å². The van der Waals surface area contributed by atoms with Gasteiger partial charge in [-0.2, -0.15) is 5.10 Å². The lowest BCUT2D eigenvalue weighted by Crippen LogP contribution is -2.54. The van der Waals surface area contributed by atoms with Gasteiger partial charge in [-0.05, 0) is 23.8 Å². The highest BCUT2D eigenvalue weighted by Crippen LogP contribution is 2.19. The Morgan fingerprint density at radius 2 is 2.17 bits per heavy atom. The van der Waals surface area contributed by atoms with Gasteiger partial charge in [0.05, 0.1) is 18.7 Å². The Morgan fingerprint density at radius 3 is 2.88 bits per heavy atom. The molecule has 1 N–H and O–H groups in total. The molecule has 1 aromatic carbocycles. The molecule has 0 bridgehead atoms. The third kappa shape index (κ3) is 3.56. The van der Waals surface area contributed by atoms with E-state index in [9.17, 15) is 9.59 Å². The van der Waals surface area contributed by atoms with Crippen LogP contribution in [0.4, 0.5) is 5.82 Å². The monoisotopic (exact) mass is 388 g/mol. The van der Waals surface area contributed by atoms with Crippen LogP contribution in [0.15, 0.2) is 53.7 Å². The molecular formula is C17H17BrN4O2. The molecule has 24 heavy (non-hydrogen) atoms. The fraction of sp³-hybridized carbons (Fsp3) is 0.235. The van der Waals surface area contributed by atoms with Gasteiger partial charge >= 0.3 is 0 Å². The molecule has 0 spiro atoms. The van der Waals surface area contributed by atoms with Crippen molar-refractivity contribution in [3.63, 3.8) is 0 Å². The number of rotatable bonds is 5. The topological polar surface area (TPSA) is 67.2 Å². The summed E-state index contributed by atoms with van der Waals surface area (Å²) in [6, 6.07) is 9.70. The average Bonchev–Trinajstić information content (AvgIpc) is 2.92. The van der Waals surface area contributed by atoms with E-state index in [2.05, 4.69) is 32.9 Å². The summed E-state index contributed by atoms with van der Waals surface area (Å²) in [6.45, 7) is 4.86. The summed E-state index contributed by atoms with van der Waals surface area (Å²) < 4.78 is 2.74. The van der Waals surface area contributed by atoms with E-state index in [1.54, 1.807) is 21.8 Å². The lowest BCUT2D eigenvalue weighted by molar-refractivity contribution is -0.137. The van der Waals surface area contributed by atoms with Gasteiger partial charge in [0, 0.05) is 23.6 Å². The molecule has 2 amide bonds. The van der Waals surface area contributed by atoms with Gasteiger partial charge in [-0.25, -0.2) is 4.68 Å². The van der Waals surface area contributed by atoms with Crippen LogP contribution in [-0.4, -0.2) is 39.6 Å². The molecule has 2 aromatic rings. The molecule has 124 valence electrons. The number of halogens is 1. The number of anilines is 1. The second-order valence-electron chi connectivity index (χ2n) is 5.64. The first-order valence-electron chi connectivity index (χ1n) is 7.55. The molecule has 2 heterocycles. The van der Waals surface area contributed by atoms with Crippen molar-refractivity contribution in [2.24, 2.45) is 5.92 Å². The van der Waals surface area contributed by atoms with Gasteiger partial charge in [0.25, 0.3) is 0 Å². The quantitative estimate of drug-likeness (QED) is 0.798. The minimum atomic E-state index is -0.192. The van der Waals surface area contributed by atoms with Gasteiger partial charge in [0.1, 0.15) is 5.82 Å². The number of nitrogens with zero attached hydrogens (tertiary/aromatic N) is 3. The third-order valence-corrected chi connectivity index (χ3v) is 4.42. The molecule has 1 aliphatic heterocycles. The second-order valence-corrected chi connectivity index (χ2v) is 6.55. The fourth-order valence-electron chi connectivity index (χ4n) is 2.55. The van der Waals surface area contributed by atoms with Crippen LogP contribution in [0.5, 0.6) is 0 Å². The number of carbonyl (C=O) groups excluding carboxylic acids is 2. The third-order valence-electron chi connectivity index (χ3n) is 3.93. The summed E-state index contributed by atoms with van der Waals surface area (Å²) in [5, 5.41) is 7.15. The molecule has 0 radical (unpaired) electrons. The molecule has 1 fully saturated rings. The van der Waals surface area contributed by atoms with Crippen molar-refractivity contribution in [1.82, 2.24) is 14.7 Å². The normalized spacial score (nSPS) is 14.1. The van der Waals surface area contributed by atoms with Crippen LogP contribution in [0.3, 0.4) is 0 Å². The van der Waals surface area contributed by atoms with Crippen LogP contribution < -0.4 is 5.32 Å². The second kappa shape index (κ2) is 7.00. The fourth-order valence-corrected chi connectivity index (χ4v) is 3.00. The van der Waals surface area contributed by atoms with Crippen molar-refractivity contribution < 1.29 is 9.59 Å². The SMILES string of the molecule is C=CC(=O)N1CC(C(=O)Nc2ccnn2Cc2cccc(Br)c2)C1. The van der Waals surface area contributed by atoms with Gasteiger partial charge in [0.15, 0.2) is 0 Å². The first-order chi connectivity index (χ1) is 11.6. The van der Waals surface area contributed by atoms with Crippen LogP contribution in [0.2, 0.25) is 0 Å². The van der Waals surface area contributed by atoms with Gasteiger partial charge in [0.2, 0.25) is 11.8 Å². The van der Waals surface area contributed by atoms with E-state index >= 15 is 0 Å². The maximum absolute atomic E-state index is 12.3. The molecule has 1 saturated heterocycles. The number of hydrogen-bond donors (Lipinski definition) is 1. The van der Waals surface area contributed by atoms with Crippen molar-refractivity contribution in [1.29, 1.82) is 0 Å². The van der Waals surface area contributed by atoms with Gasteiger partial charge < -0.3 is 10.2 Å². The highest BCUT2D eigenvalue weighted by molar-refractivity contribution is 9.10. The number of carbonyl (C=O) groups is 2. The molecular weight excluding hydrogens is 372 g/mol. The van der Waals surface area contributed by atoms with Crippen molar-refractivity contribution in [3.05, 3.63) is 59.2 Å². The Labute approximate surface area is 148 Å². The predicted molar refractivity (Wildman–Crippen MR) is 94.4 cm³/mol. The van der Waals surface area contributed by atoms with E-state index in [1.807, 2.05) is 24.3 Å². The van der Waals surface area contributed by atoms with Gasteiger partial charge in [-0.1, -0.05) is 34.6 Å². The first kappa shape index (κ1) is 16.4. The smallest absolute Gasteiger partial charge is 0.246 e. The maximum Gasteiger partial charge on any atom is 0.246 e. The Balaban J connectivity index is 1.61. The first-order valence-corrected chi connectivity index (χ1v) is 8.34. The molecule has 7 heteroatoms. The zero-order valence-electron chi connectivity index (χ0n) is 13.0. The Bertz CT molecular complexity index is 780. The Kier molecular flexibility index (Phi) is 4.80. The van der Waals surface area contributed by atoms with E-state index < -0.39 is 0 Å². The van der Waals surface area contributed by atoms with E-state index in [1.165, 1.54) is 6.08 Å². The Morgan fingerprint density at radius 1 is 1.38 bits per heavy atom. The molecule has 3 rings (SSSR count). The van der Waals surface area contributed by atoms with E-state index in [4.69, 9.17) is 0 Å². The van der Waals surface area contributed by atoms with Crippen LogP contribution in [0.1, 0.15) is 5.56 Å². The van der Waals surface area contributed by atoms with Crippen molar-refractivity contribution in [2.45, 2.75) is 6.54 Å². The molecule has 1 aromatic heterocycles. The van der Waals surface area contributed by atoms with E-state index in [-0.39, 0.29) is 17.7 Å². The van der Waals surface area contributed by atoms with Crippen LogP contribution in [0, 0.1) is 5.92 Å².